The first-order valence-corrected chi connectivity index (χ1v) is 14.6. The standard InChI is InChI=1S/C14H17IN2O4.C8H12O3.C6H4IN2/c1-2-21-14(20)12(7-4-8-13(18)19)17-16-11-6-3-5-10(15)9-11;1-11-5-8(10)6-3-2-4-7(6)9;7-5-2-1-3-6(4-5)9-8/h3,5-7,9,16-17H,2,4,8H2,1H3,(H,18,19);10H,2-5H2,1H3;1-4H/q;;+1/p-1/b12-7+;;. The zero-order chi connectivity index (χ0) is 30.6. The molecule has 1 aliphatic carbocycles. The van der Waals surface area contributed by atoms with Gasteiger partial charge < -0.3 is 25.1 Å². The number of Topliss-reactive ketones (excluding diaryl/α,β-unsaturated/α-hetero) is 1. The monoisotopic (exact) mass is 790 g/mol. The first-order chi connectivity index (χ1) is 19.6. The summed E-state index contributed by atoms with van der Waals surface area (Å²) < 4.78 is 11.7. The molecular formula is C28H32I2N4O7. The summed E-state index contributed by atoms with van der Waals surface area (Å²) in [5, 5.41) is 28.0. The topological polar surface area (TPSA) is 165 Å². The van der Waals surface area contributed by atoms with E-state index < -0.39 is 11.9 Å². The van der Waals surface area contributed by atoms with Crippen molar-refractivity contribution in [2.24, 2.45) is 0 Å². The van der Waals surface area contributed by atoms with E-state index in [0.29, 0.717) is 24.1 Å². The van der Waals surface area contributed by atoms with Gasteiger partial charge in [0.1, 0.15) is 5.70 Å². The average Bonchev–Trinajstić information content (AvgIpc) is 3.37. The molecule has 220 valence electrons. The van der Waals surface area contributed by atoms with E-state index in [9.17, 15) is 19.5 Å². The first kappa shape index (κ1) is 35.8. The molecule has 0 aromatic heterocycles. The van der Waals surface area contributed by atoms with Gasteiger partial charge in [-0.3, -0.25) is 15.0 Å². The largest absolute Gasteiger partial charge is 0.874 e. The Morgan fingerprint density at radius 2 is 1.83 bits per heavy atom. The number of hydrazine groups is 1. The maximum atomic E-state index is 11.8. The summed E-state index contributed by atoms with van der Waals surface area (Å²) >= 11 is 4.34. The quantitative estimate of drug-likeness (QED) is 0.0719. The van der Waals surface area contributed by atoms with Gasteiger partial charge >= 0.3 is 17.6 Å². The number of hydrogen-bond donors (Lipinski definition) is 3. The lowest BCUT2D eigenvalue weighted by molar-refractivity contribution is -0.312. The number of carbonyl (C=O) groups excluding carboxylic acids is 2. The van der Waals surface area contributed by atoms with Crippen LogP contribution in [0.3, 0.4) is 0 Å². The van der Waals surface area contributed by atoms with E-state index in [1.165, 1.54) is 13.2 Å². The fourth-order valence-electron chi connectivity index (χ4n) is 3.21. The van der Waals surface area contributed by atoms with Crippen molar-refractivity contribution in [2.75, 3.05) is 25.7 Å². The number of carboxylic acid groups (broad SMARTS) is 1. The van der Waals surface area contributed by atoms with Gasteiger partial charge in [0.2, 0.25) is 5.39 Å². The molecule has 0 unspecified atom stereocenters. The molecule has 0 spiro atoms. The molecule has 11 nitrogen and oxygen atoms in total. The Labute approximate surface area is 266 Å². The van der Waals surface area contributed by atoms with Gasteiger partial charge in [-0.1, -0.05) is 24.0 Å². The number of nitrogens with zero attached hydrogens (tertiary/aromatic N) is 2. The van der Waals surface area contributed by atoms with Crippen molar-refractivity contribution in [3.05, 3.63) is 83.8 Å². The maximum absolute atomic E-state index is 11.8. The van der Waals surface area contributed by atoms with Crippen molar-refractivity contribution >= 4 is 74.3 Å². The minimum Gasteiger partial charge on any atom is -0.874 e. The van der Waals surface area contributed by atoms with E-state index in [1.54, 1.807) is 19.1 Å². The number of halogens is 2. The molecule has 3 N–H and O–H groups in total. The third-order valence-electron chi connectivity index (χ3n) is 5.07. The number of anilines is 1. The molecule has 3 rings (SSSR count). The summed E-state index contributed by atoms with van der Waals surface area (Å²) in [5.41, 5.74) is 7.68. The molecule has 1 aliphatic rings. The summed E-state index contributed by atoms with van der Waals surface area (Å²) in [6.07, 6.45) is 3.70. The lowest BCUT2D eigenvalue weighted by Gasteiger charge is -2.13. The summed E-state index contributed by atoms with van der Waals surface area (Å²) in [6.45, 7) is 2.00. The van der Waals surface area contributed by atoms with Crippen LogP contribution < -0.4 is 16.0 Å². The molecule has 41 heavy (non-hydrogen) atoms. The molecule has 1 fully saturated rings. The van der Waals surface area contributed by atoms with E-state index in [0.717, 1.165) is 19.2 Å². The number of ketones is 1. The minimum atomic E-state index is -0.917. The van der Waals surface area contributed by atoms with Gasteiger partial charge in [0, 0.05) is 39.2 Å². The lowest BCUT2D eigenvalue weighted by atomic mass is 10.2. The zero-order valence-electron chi connectivity index (χ0n) is 22.7. The van der Waals surface area contributed by atoms with E-state index in [4.69, 9.17) is 15.2 Å². The molecule has 1 saturated carbocycles. The Balaban J connectivity index is 0.000000348. The number of methoxy groups -OCH3 is 1. The van der Waals surface area contributed by atoms with Crippen molar-refractivity contribution in [2.45, 2.75) is 39.0 Å². The van der Waals surface area contributed by atoms with Gasteiger partial charge in [-0.25, -0.2) is 4.79 Å². The Bertz CT molecular complexity index is 1280. The van der Waals surface area contributed by atoms with Crippen LogP contribution in [-0.4, -0.2) is 43.2 Å². The van der Waals surface area contributed by atoms with Crippen molar-refractivity contribution in [1.82, 2.24) is 5.43 Å². The highest BCUT2D eigenvalue weighted by atomic mass is 127. The molecule has 2 aromatic rings. The smallest absolute Gasteiger partial charge is 0.386 e. The van der Waals surface area contributed by atoms with Crippen molar-refractivity contribution in [3.8, 4) is 0 Å². The second-order valence-electron chi connectivity index (χ2n) is 8.22. The predicted octanol–water partition coefficient (Wildman–Crippen LogP) is 5.30. The number of benzene rings is 2. The molecule has 0 heterocycles. The molecule has 0 saturated heterocycles. The molecule has 0 atom stereocenters. The molecule has 13 heteroatoms. The van der Waals surface area contributed by atoms with Gasteiger partial charge in [0.15, 0.2) is 10.8 Å². The van der Waals surface area contributed by atoms with Crippen molar-refractivity contribution in [3.63, 3.8) is 0 Å². The summed E-state index contributed by atoms with van der Waals surface area (Å²) in [7, 11) is 1.46. The van der Waals surface area contributed by atoms with Crippen LogP contribution in [0.4, 0.5) is 11.4 Å². The molecule has 0 bridgehead atoms. The highest BCUT2D eigenvalue weighted by Crippen LogP contribution is 2.21. The second kappa shape index (κ2) is 20.6. The van der Waals surface area contributed by atoms with Gasteiger partial charge in [-0.15, -0.1) is 0 Å². The van der Waals surface area contributed by atoms with E-state index >= 15 is 0 Å². The second-order valence-corrected chi connectivity index (χ2v) is 10.7. The van der Waals surface area contributed by atoms with Crippen molar-refractivity contribution < 1.29 is 34.1 Å². The van der Waals surface area contributed by atoms with Crippen LogP contribution in [0.25, 0.3) is 4.98 Å². The van der Waals surface area contributed by atoms with Gasteiger partial charge in [-0.2, -0.15) is 0 Å². The van der Waals surface area contributed by atoms with E-state index in [1.807, 2.05) is 36.4 Å². The number of allylic oxidation sites excluding steroid dienone is 2. The molecule has 2 aromatic carbocycles. The van der Waals surface area contributed by atoms with E-state index in [2.05, 4.69) is 65.7 Å². The third-order valence-corrected chi connectivity index (χ3v) is 6.41. The maximum Gasteiger partial charge on any atom is 0.386 e. The van der Waals surface area contributed by atoms with Gasteiger partial charge in [0.25, 0.3) is 0 Å². The summed E-state index contributed by atoms with van der Waals surface area (Å²) in [5.74, 6) is -1.58. The summed E-state index contributed by atoms with van der Waals surface area (Å²) in [6, 6.07) is 14.9. The highest BCUT2D eigenvalue weighted by Gasteiger charge is 2.17. The van der Waals surface area contributed by atoms with Crippen LogP contribution in [-0.2, 0) is 23.9 Å². The number of esters is 1. The number of carboxylic acids is 1. The Kier molecular flexibility index (Phi) is 18.0. The number of nitrogens with one attached hydrogen (secondary N) is 2. The van der Waals surface area contributed by atoms with Crippen LogP contribution >= 0.6 is 45.2 Å². The molecule has 0 amide bonds. The third kappa shape index (κ3) is 15.4. The SMILES string of the molecule is CCOC(=O)/C(=C\CCC(=O)O)NNc1cccc(I)c1.COCC([O-])=C1CCCC1=O.N#[N+]c1cccc(I)c1. The van der Waals surface area contributed by atoms with Gasteiger partial charge in [0.05, 0.1) is 18.9 Å². The lowest BCUT2D eigenvalue weighted by Crippen LogP contribution is -2.27. The zero-order valence-corrected chi connectivity index (χ0v) is 27.0. The normalized spacial score (nSPS) is 13.4. The fourth-order valence-corrected chi connectivity index (χ4v) is 4.28. The number of ether oxygens (including phenoxy) is 2. The Morgan fingerprint density at radius 1 is 1.15 bits per heavy atom. The minimum absolute atomic E-state index is 0.00653. The summed E-state index contributed by atoms with van der Waals surface area (Å²) in [4.78, 5) is 36.3. The molecular weight excluding hydrogens is 758 g/mol. The Hall–Kier alpha value is -3.23. The highest BCUT2D eigenvalue weighted by molar-refractivity contribution is 14.1. The number of rotatable bonds is 10. The number of aliphatic carboxylic acids is 1. The fraction of sp³-hybridized carbons (Fsp3) is 0.321. The van der Waals surface area contributed by atoms with Crippen LogP contribution in [0.2, 0.25) is 0 Å². The number of hydrogen-bond acceptors (Lipinski definition) is 9. The van der Waals surface area contributed by atoms with E-state index in [-0.39, 0.29) is 43.3 Å². The van der Waals surface area contributed by atoms with Gasteiger partial charge in [-0.05, 0) is 101 Å². The number of diazo groups is 1. The molecule has 0 aliphatic heterocycles. The number of carbonyl (C=O) groups is 3. The average molecular weight is 790 g/mol. The molecule has 0 radical (unpaired) electrons. The predicted molar refractivity (Wildman–Crippen MR) is 169 cm³/mol. The Morgan fingerprint density at radius 3 is 2.34 bits per heavy atom. The van der Waals surface area contributed by atoms with Crippen LogP contribution in [0.15, 0.2) is 71.6 Å². The van der Waals surface area contributed by atoms with Crippen molar-refractivity contribution in [1.29, 1.82) is 5.39 Å². The first-order valence-electron chi connectivity index (χ1n) is 12.5. The van der Waals surface area contributed by atoms with Crippen LogP contribution in [0.1, 0.15) is 39.0 Å². The van der Waals surface area contributed by atoms with Crippen LogP contribution in [0.5, 0.6) is 0 Å². The van der Waals surface area contributed by atoms with Crippen LogP contribution in [0, 0.1) is 12.5 Å².